The summed E-state index contributed by atoms with van der Waals surface area (Å²) in [4.78, 5) is 11.9. The summed E-state index contributed by atoms with van der Waals surface area (Å²) in [5.41, 5.74) is 2.36. The fourth-order valence-corrected chi connectivity index (χ4v) is 2.35. The lowest BCUT2D eigenvalue weighted by Gasteiger charge is -2.21. The molecular weight excluding hydrogens is 286 g/mol. The molecule has 0 fully saturated rings. The van der Waals surface area contributed by atoms with Gasteiger partial charge in [-0.15, -0.1) is 0 Å². The molecule has 118 valence electrons. The van der Waals surface area contributed by atoms with Crippen LogP contribution in [0, 0.1) is 18.3 Å². The molecule has 0 saturated carbocycles. The Kier molecular flexibility index (Phi) is 5.54. The van der Waals surface area contributed by atoms with Gasteiger partial charge in [-0.1, -0.05) is 60.2 Å². The topological polar surface area (TPSA) is 50.1 Å². The van der Waals surface area contributed by atoms with E-state index in [2.05, 4.69) is 6.07 Å². The lowest BCUT2D eigenvalue weighted by Crippen LogP contribution is -2.21. The summed E-state index contributed by atoms with van der Waals surface area (Å²) in [5.74, 6) is -0.276. The van der Waals surface area contributed by atoms with Crippen LogP contribution in [0.4, 0.5) is 0 Å². The van der Waals surface area contributed by atoms with E-state index in [1.807, 2.05) is 68.4 Å². The van der Waals surface area contributed by atoms with Gasteiger partial charge in [0.2, 0.25) is 0 Å². The number of hydrogen-bond acceptors (Lipinski definition) is 3. The van der Waals surface area contributed by atoms with E-state index >= 15 is 0 Å². The van der Waals surface area contributed by atoms with Crippen molar-refractivity contribution in [3.63, 3.8) is 0 Å². The van der Waals surface area contributed by atoms with Crippen molar-refractivity contribution in [3.05, 3.63) is 71.3 Å². The molecular formula is C20H21NO2. The van der Waals surface area contributed by atoms with E-state index in [1.165, 1.54) is 0 Å². The predicted octanol–water partition coefficient (Wildman–Crippen LogP) is 4.30. The Hall–Kier alpha value is -2.60. The van der Waals surface area contributed by atoms with Gasteiger partial charge in [-0.05, 0) is 31.4 Å². The van der Waals surface area contributed by atoms with Gasteiger partial charge >= 0.3 is 5.97 Å². The maximum Gasteiger partial charge on any atom is 0.306 e. The number of carbonyl (C=O) groups is 1. The molecule has 0 N–H and O–H groups in total. The molecule has 0 bridgehead atoms. The minimum absolute atomic E-state index is 0.227. The first-order chi connectivity index (χ1) is 11.0. The van der Waals surface area contributed by atoms with E-state index in [0.717, 1.165) is 16.7 Å². The Morgan fingerprint density at radius 2 is 1.78 bits per heavy atom. The lowest BCUT2D eigenvalue weighted by atomic mass is 9.80. The van der Waals surface area contributed by atoms with Gasteiger partial charge in [0.25, 0.3) is 0 Å². The molecule has 0 saturated heterocycles. The first kappa shape index (κ1) is 16.8. The number of carbonyl (C=O) groups excluding carboxylic acids is 1. The number of benzene rings is 2. The van der Waals surface area contributed by atoms with E-state index in [4.69, 9.17) is 4.74 Å². The first-order valence-electron chi connectivity index (χ1n) is 7.71. The summed E-state index contributed by atoms with van der Waals surface area (Å²) in [7, 11) is 0. The standard InChI is InChI=1S/C20H21NO2/c1-16-8-10-18(11-9-16)20(2,15-21)13-12-19(22)23-14-17-6-4-3-5-7-17/h3-11H,12-14H2,1-2H3/t20-/m1/s1. The van der Waals surface area contributed by atoms with Crippen LogP contribution in [-0.2, 0) is 21.6 Å². The second kappa shape index (κ2) is 7.60. The highest BCUT2D eigenvalue weighted by molar-refractivity contribution is 5.69. The third kappa shape index (κ3) is 4.69. The van der Waals surface area contributed by atoms with Crippen LogP contribution in [0.5, 0.6) is 0 Å². The minimum atomic E-state index is -0.681. The molecule has 0 aliphatic rings. The molecule has 0 radical (unpaired) electrons. The number of rotatable bonds is 6. The van der Waals surface area contributed by atoms with E-state index in [9.17, 15) is 10.1 Å². The average Bonchev–Trinajstić information content (AvgIpc) is 2.59. The van der Waals surface area contributed by atoms with Crippen molar-refractivity contribution in [1.82, 2.24) is 0 Å². The molecule has 1 atom stereocenters. The van der Waals surface area contributed by atoms with Crippen molar-refractivity contribution in [2.75, 3.05) is 0 Å². The molecule has 0 spiro atoms. The summed E-state index contributed by atoms with van der Waals surface area (Å²) in [5, 5.41) is 9.53. The van der Waals surface area contributed by atoms with Crippen LogP contribution >= 0.6 is 0 Å². The molecule has 0 unspecified atom stereocenters. The van der Waals surface area contributed by atoms with Gasteiger partial charge < -0.3 is 4.74 Å². The monoisotopic (exact) mass is 307 g/mol. The van der Waals surface area contributed by atoms with Gasteiger partial charge in [0.05, 0.1) is 11.5 Å². The molecule has 3 nitrogen and oxygen atoms in total. The van der Waals surface area contributed by atoms with E-state index in [-0.39, 0.29) is 19.0 Å². The molecule has 2 aromatic carbocycles. The zero-order valence-electron chi connectivity index (χ0n) is 13.6. The van der Waals surface area contributed by atoms with Crippen LogP contribution in [0.3, 0.4) is 0 Å². The molecule has 23 heavy (non-hydrogen) atoms. The first-order valence-corrected chi connectivity index (χ1v) is 7.71. The normalized spacial score (nSPS) is 12.9. The number of hydrogen-bond donors (Lipinski definition) is 0. The maximum atomic E-state index is 11.9. The van der Waals surface area contributed by atoms with Crippen molar-refractivity contribution < 1.29 is 9.53 Å². The summed E-state index contributed by atoms with van der Waals surface area (Å²) >= 11 is 0. The summed E-state index contributed by atoms with van der Waals surface area (Å²) in [6, 6.07) is 19.8. The largest absolute Gasteiger partial charge is 0.461 e. The van der Waals surface area contributed by atoms with Crippen molar-refractivity contribution in [2.45, 2.75) is 38.7 Å². The second-order valence-corrected chi connectivity index (χ2v) is 5.96. The third-order valence-electron chi connectivity index (χ3n) is 4.01. The second-order valence-electron chi connectivity index (χ2n) is 5.96. The number of nitriles is 1. The highest BCUT2D eigenvalue weighted by atomic mass is 16.5. The molecule has 0 amide bonds. The van der Waals surface area contributed by atoms with Crippen LogP contribution in [0.1, 0.15) is 36.5 Å². The number of aryl methyl sites for hydroxylation is 1. The van der Waals surface area contributed by atoms with E-state index in [0.29, 0.717) is 6.42 Å². The summed E-state index contributed by atoms with van der Waals surface area (Å²) < 4.78 is 5.27. The molecule has 2 rings (SSSR count). The highest BCUT2D eigenvalue weighted by Gasteiger charge is 2.27. The summed E-state index contributed by atoms with van der Waals surface area (Å²) in [6.45, 7) is 4.14. The van der Waals surface area contributed by atoms with Crippen LogP contribution in [0.25, 0.3) is 0 Å². The fourth-order valence-electron chi connectivity index (χ4n) is 2.35. The molecule has 0 heterocycles. The number of esters is 1. The average molecular weight is 307 g/mol. The molecule has 3 heteroatoms. The lowest BCUT2D eigenvalue weighted by molar-refractivity contribution is -0.145. The van der Waals surface area contributed by atoms with Gasteiger partial charge in [0.15, 0.2) is 0 Å². The Morgan fingerprint density at radius 1 is 1.13 bits per heavy atom. The molecule has 0 aliphatic heterocycles. The van der Waals surface area contributed by atoms with Crippen molar-refractivity contribution in [3.8, 4) is 6.07 Å². The van der Waals surface area contributed by atoms with Crippen molar-refractivity contribution in [1.29, 1.82) is 5.26 Å². The maximum absolute atomic E-state index is 11.9. The van der Waals surface area contributed by atoms with Crippen molar-refractivity contribution in [2.24, 2.45) is 0 Å². The third-order valence-corrected chi connectivity index (χ3v) is 4.01. The highest BCUT2D eigenvalue weighted by Crippen LogP contribution is 2.28. The van der Waals surface area contributed by atoms with Gasteiger partial charge in [-0.3, -0.25) is 4.79 Å². The zero-order chi connectivity index (χ0) is 16.7. The Balaban J connectivity index is 1.91. The summed E-state index contributed by atoms with van der Waals surface area (Å²) in [6.07, 6.45) is 0.672. The zero-order valence-corrected chi connectivity index (χ0v) is 13.6. The van der Waals surface area contributed by atoms with E-state index in [1.54, 1.807) is 0 Å². The molecule has 2 aromatic rings. The van der Waals surface area contributed by atoms with Crippen LogP contribution in [0.15, 0.2) is 54.6 Å². The number of ether oxygens (including phenoxy) is 1. The van der Waals surface area contributed by atoms with Gasteiger partial charge in [-0.25, -0.2) is 0 Å². The predicted molar refractivity (Wildman–Crippen MR) is 89.6 cm³/mol. The van der Waals surface area contributed by atoms with E-state index < -0.39 is 5.41 Å². The van der Waals surface area contributed by atoms with Gasteiger partial charge in [0, 0.05) is 6.42 Å². The van der Waals surface area contributed by atoms with Crippen LogP contribution < -0.4 is 0 Å². The Labute approximate surface area is 137 Å². The Morgan fingerprint density at radius 3 is 2.39 bits per heavy atom. The quantitative estimate of drug-likeness (QED) is 0.748. The van der Waals surface area contributed by atoms with Gasteiger partial charge in [-0.2, -0.15) is 5.26 Å². The van der Waals surface area contributed by atoms with Crippen molar-refractivity contribution >= 4 is 5.97 Å². The smallest absolute Gasteiger partial charge is 0.306 e. The minimum Gasteiger partial charge on any atom is -0.461 e. The van der Waals surface area contributed by atoms with Crippen LogP contribution in [-0.4, -0.2) is 5.97 Å². The fraction of sp³-hybridized carbons (Fsp3) is 0.300. The number of nitrogens with zero attached hydrogens (tertiary/aromatic N) is 1. The van der Waals surface area contributed by atoms with Gasteiger partial charge in [0.1, 0.15) is 6.61 Å². The molecule has 0 aromatic heterocycles. The van der Waals surface area contributed by atoms with Crippen LogP contribution in [0.2, 0.25) is 0 Å². The Bertz CT molecular complexity index is 686. The SMILES string of the molecule is Cc1ccc([C@@](C)(C#N)CCC(=O)OCc2ccccc2)cc1. The molecule has 0 aliphatic carbocycles.